The largest absolute Gasteiger partial charge is 0.497 e. The average Bonchev–Trinajstić information content (AvgIpc) is 2.44. The van der Waals surface area contributed by atoms with E-state index in [4.69, 9.17) is 10.5 Å². The molecule has 1 unspecified atom stereocenters. The Morgan fingerprint density at radius 2 is 2.00 bits per heavy atom. The smallest absolute Gasteiger partial charge is 0.147 e. The van der Waals surface area contributed by atoms with Crippen LogP contribution in [0.2, 0.25) is 0 Å². The van der Waals surface area contributed by atoms with Crippen molar-refractivity contribution in [2.75, 3.05) is 19.1 Å². The maximum Gasteiger partial charge on any atom is 0.147 e. The van der Waals surface area contributed by atoms with E-state index in [1.807, 2.05) is 36.4 Å². The molecule has 0 aliphatic heterocycles. The third kappa shape index (κ3) is 4.44. The lowest BCUT2D eigenvalue weighted by molar-refractivity contribution is 0.415. The van der Waals surface area contributed by atoms with Crippen LogP contribution in [0.1, 0.15) is 12.0 Å². The summed E-state index contributed by atoms with van der Waals surface area (Å²) in [7, 11) is -1.32. The van der Waals surface area contributed by atoms with Crippen molar-refractivity contribution in [1.29, 1.82) is 0 Å². The minimum absolute atomic E-state index is 0.127. The lowest BCUT2D eigenvalue weighted by atomic mass is 9.98. The van der Waals surface area contributed by atoms with Crippen molar-refractivity contribution in [3.8, 4) is 5.75 Å². The standard InChI is InChI=1S/C16H21NO3S/c1-20-15-7-6-12-4-3-5-13(16(12)11-15)10-14(17)8-9-21(2,18)19/h3-7,11,14H,8-10,17H2,1-2H3. The van der Waals surface area contributed by atoms with Crippen molar-refractivity contribution in [3.63, 3.8) is 0 Å². The van der Waals surface area contributed by atoms with E-state index in [1.54, 1.807) is 7.11 Å². The maximum absolute atomic E-state index is 11.2. The first kappa shape index (κ1) is 15.8. The first-order valence-electron chi connectivity index (χ1n) is 6.88. The van der Waals surface area contributed by atoms with E-state index in [-0.39, 0.29) is 11.8 Å². The van der Waals surface area contributed by atoms with Gasteiger partial charge in [-0.3, -0.25) is 0 Å². The number of ether oxygens (including phenoxy) is 1. The summed E-state index contributed by atoms with van der Waals surface area (Å²) in [5.41, 5.74) is 7.20. The van der Waals surface area contributed by atoms with Crippen LogP contribution < -0.4 is 10.5 Å². The molecule has 0 aromatic heterocycles. The first-order valence-corrected chi connectivity index (χ1v) is 8.94. The van der Waals surface area contributed by atoms with Gasteiger partial charge in [0.2, 0.25) is 0 Å². The number of benzene rings is 2. The highest BCUT2D eigenvalue weighted by Gasteiger charge is 2.11. The van der Waals surface area contributed by atoms with E-state index in [2.05, 4.69) is 0 Å². The van der Waals surface area contributed by atoms with E-state index in [0.29, 0.717) is 12.8 Å². The molecule has 0 heterocycles. The molecule has 21 heavy (non-hydrogen) atoms. The summed E-state index contributed by atoms with van der Waals surface area (Å²) >= 11 is 0. The van der Waals surface area contributed by atoms with Crippen molar-refractivity contribution in [3.05, 3.63) is 42.0 Å². The molecule has 114 valence electrons. The SMILES string of the molecule is COc1ccc2cccc(CC(N)CCS(C)(=O)=O)c2c1. The molecule has 4 nitrogen and oxygen atoms in total. The molecule has 2 aromatic carbocycles. The molecule has 0 saturated carbocycles. The van der Waals surface area contributed by atoms with Gasteiger partial charge in [-0.2, -0.15) is 0 Å². The Balaban J connectivity index is 2.21. The number of rotatable bonds is 6. The molecule has 0 amide bonds. The van der Waals surface area contributed by atoms with Gasteiger partial charge in [-0.05, 0) is 41.3 Å². The number of hydrogen-bond acceptors (Lipinski definition) is 4. The van der Waals surface area contributed by atoms with Crippen LogP contribution in [0.15, 0.2) is 36.4 Å². The second-order valence-electron chi connectivity index (χ2n) is 5.39. The summed E-state index contributed by atoms with van der Waals surface area (Å²) in [5.74, 6) is 0.932. The van der Waals surface area contributed by atoms with Gasteiger partial charge in [0, 0.05) is 12.3 Å². The fraction of sp³-hybridized carbons (Fsp3) is 0.375. The lowest BCUT2D eigenvalue weighted by Gasteiger charge is -2.13. The second kappa shape index (κ2) is 6.45. The summed E-state index contributed by atoms with van der Waals surface area (Å²) in [6, 6.07) is 11.8. The molecule has 0 spiro atoms. The Hall–Kier alpha value is -1.59. The van der Waals surface area contributed by atoms with Crippen LogP contribution in [-0.4, -0.2) is 33.6 Å². The van der Waals surface area contributed by atoms with Crippen molar-refractivity contribution in [1.82, 2.24) is 0 Å². The number of nitrogens with two attached hydrogens (primary N) is 1. The van der Waals surface area contributed by atoms with Crippen LogP contribution in [0.5, 0.6) is 5.75 Å². The van der Waals surface area contributed by atoms with Crippen LogP contribution in [-0.2, 0) is 16.3 Å². The third-order valence-corrected chi connectivity index (χ3v) is 4.50. The van der Waals surface area contributed by atoms with Gasteiger partial charge < -0.3 is 10.5 Å². The molecular weight excluding hydrogens is 286 g/mol. The van der Waals surface area contributed by atoms with Gasteiger partial charge in [-0.25, -0.2) is 8.42 Å². The summed E-state index contributed by atoms with van der Waals surface area (Å²) in [6.45, 7) is 0. The Bertz CT molecular complexity index is 725. The number of methoxy groups -OCH3 is 1. The van der Waals surface area contributed by atoms with Crippen LogP contribution in [0.3, 0.4) is 0 Å². The normalized spacial score (nSPS) is 13.3. The summed E-state index contributed by atoms with van der Waals surface area (Å²) in [6.07, 6.45) is 2.36. The van der Waals surface area contributed by atoms with Gasteiger partial charge in [0.05, 0.1) is 12.9 Å². The van der Waals surface area contributed by atoms with Crippen molar-refractivity contribution in [2.24, 2.45) is 5.73 Å². The Morgan fingerprint density at radius 1 is 1.24 bits per heavy atom. The molecule has 1 atom stereocenters. The maximum atomic E-state index is 11.2. The molecule has 5 heteroatoms. The molecule has 0 radical (unpaired) electrons. The van der Waals surface area contributed by atoms with Gasteiger partial charge in [-0.15, -0.1) is 0 Å². The fourth-order valence-electron chi connectivity index (χ4n) is 2.37. The Labute approximate surface area is 125 Å². The summed E-state index contributed by atoms with van der Waals surface area (Å²) < 4.78 is 27.7. The van der Waals surface area contributed by atoms with Crippen LogP contribution >= 0.6 is 0 Å². The van der Waals surface area contributed by atoms with E-state index in [1.165, 1.54) is 6.26 Å². The molecule has 0 aliphatic carbocycles. The second-order valence-corrected chi connectivity index (χ2v) is 7.65. The van der Waals surface area contributed by atoms with Crippen molar-refractivity contribution >= 4 is 20.6 Å². The molecule has 2 N–H and O–H groups in total. The van der Waals surface area contributed by atoms with Gasteiger partial charge in [0.25, 0.3) is 0 Å². The zero-order valence-corrected chi connectivity index (χ0v) is 13.2. The molecule has 0 aliphatic rings. The van der Waals surface area contributed by atoms with Crippen LogP contribution in [0, 0.1) is 0 Å². The lowest BCUT2D eigenvalue weighted by Crippen LogP contribution is -2.26. The molecule has 2 rings (SSSR count). The molecule has 0 fully saturated rings. The highest BCUT2D eigenvalue weighted by Crippen LogP contribution is 2.25. The predicted molar refractivity (Wildman–Crippen MR) is 86.5 cm³/mol. The highest BCUT2D eigenvalue weighted by molar-refractivity contribution is 7.90. The molecule has 2 aromatic rings. The van der Waals surface area contributed by atoms with E-state index in [0.717, 1.165) is 22.1 Å². The Morgan fingerprint density at radius 3 is 2.67 bits per heavy atom. The van der Waals surface area contributed by atoms with Crippen LogP contribution in [0.25, 0.3) is 10.8 Å². The highest BCUT2D eigenvalue weighted by atomic mass is 32.2. The average molecular weight is 307 g/mol. The number of fused-ring (bicyclic) bond motifs is 1. The zero-order chi connectivity index (χ0) is 15.5. The first-order chi connectivity index (χ1) is 9.89. The minimum Gasteiger partial charge on any atom is -0.497 e. The van der Waals surface area contributed by atoms with Gasteiger partial charge in [-0.1, -0.05) is 24.3 Å². The predicted octanol–water partition coefficient (Wildman–Crippen LogP) is 2.15. The molecule has 0 bridgehead atoms. The Kier molecular flexibility index (Phi) is 4.85. The van der Waals surface area contributed by atoms with Crippen molar-refractivity contribution in [2.45, 2.75) is 18.9 Å². The molecule has 0 saturated heterocycles. The molecular formula is C16H21NO3S. The number of sulfone groups is 1. The van der Waals surface area contributed by atoms with E-state index < -0.39 is 9.84 Å². The summed E-state index contributed by atoms with van der Waals surface area (Å²) in [4.78, 5) is 0. The minimum atomic E-state index is -2.96. The summed E-state index contributed by atoms with van der Waals surface area (Å²) in [5, 5.41) is 2.23. The quantitative estimate of drug-likeness (QED) is 0.888. The van der Waals surface area contributed by atoms with E-state index >= 15 is 0 Å². The van der Waals surface area contributed by atoms with Gasteiger partial charge >= 0.3 is 0 Å². The topological polar surface area (TPSA) is 69.4 Å². The van der Waals surface area contributed by atoms with Gasteiger partial charge in [0.1, 0.15) is 15.6 Å². The zero-order valence-electron chi connectivity index (χ0n) is 12.4. The number of hydrogen-bond donors (Lipinski definition) is 1. The van der Waals surface area contributed by atoms with E-state index in [9.17, 15) is 8.42 Å². The monoisotopic (exact) mass is 307 g/mol. The van der Waals surface area contributed by atoms with Crippen LogP contribution in [0.4, 0.5) is 0 Å². The van der Waals surface area contributed by atoms with Gasteiger partial charge in [0.15, 0.2) is 0 Å². The van der Waals surface area contributed by atoms with Crippen molar-refractivity contribution < 1.29 is 13.2 Å². The third-order valence-electron chi connectivity index (χ3n) is 3.52. The fourth-order valence-corrected chi connectivity index (χ4v) is 3.10.